The lowest BCUT2D eigenvalue weighted by Crippen LogP contribution is -2.32. The standard InChI is InChI=1S/C24H19NO7/c1-29-19-12-16(13-20(30-2)21(19)31-14-15-8-4-3-5-9-15)24(28)32-25-22(26)17-10-6-7-11-18(17)23(25)27/h3-13H,14H2,1-2H3. The van der Waals surface area contributed by atoms with Gasteiger partial charge in [-0.1, -0.05) is 47.5 Å². The van der Waals surface area contributed by atoms with Crippen molar-refractivity contribution >= 4 is 17.8 Å². The first-order valence-electron chi connectivity index (χ1n) is 9.66. The quantitative estimate of drug-likeness (QED) is 0.525. The second-order valence-electron chi connectivity index (χ2n) is 6.81. The Bertz CT molecular complexity index is 1130. The van der Waals surface area contributed by atoms with Gasteiger partial charge in [0.05, 0.1) is 30.9 Å². The number of carbonyl (C=O) groups is 3. The van der Waals surface area contributed by atoms with Crippen LogP contribution in [0, 0.1) is 0 Å². The zero-order chi connectivity index (χ0) is 22.7. The zero-order valence-electron chi connectivity index (χ0n) is 17.4. The van der Waals surface area contributed by atoms with E-state index in [1.54, 1.807) is 12.1 Å². The maximum absolute atomic E-state index is 12.7. The summed E-state index contributed by atoms with van der Waals surface area (Å²) in [7, 11) is 2.84. The topological polar surface area (TPSA) is 91.4 Å². The summed E-state index contributed by atoms with van der Waals surface area (Å²) in [5.74, 6) is -1.58. The van der Waals surface area contributed by atoms with Crippen molar-refractivity contribution in [1.82, 2.24) is 5.06 Å². The van der Waals surface area contributed by atoms with Gasteiger partial charge < -0.3 is 19.0 Å². The van der Waals surface area contributed by atoms with Gasteiger partial charge in [-0.15, -0.1) is 0 Å². The molecule has 1 heterocycles. The van der Waals surface area contributed by atoms with E-state index in [0.717, 1.165) is 5.56 Å². The van der Waals surface area contributed by atoms with Crippen LogP contribution in [-0.4, -0.2) is 37.1 Å². The van der Waals surface area contributed by atoms with Gasteiger partial charge in [0.2, 0.25) is 5.75 Å². The molecule has 0 radical (unpaired) electrons. The molecule has 32 heavy (non-hydrogen) atoms. The molecule has 0 fully saturated rings. The summed E-state index contributed by atoms with van der Waals surface area (Å²) in [5, 5.41) is 0.450. The Balaban J connectivity index is 1.57. The van der Waals surface area contributed by atoms with Crippen molar-refractivity contribution in [3.8, 4) is 17.2 Å². The molecule has 0 N–H and O–H groups in total. The molecule has 0 atom stereocenters. The second kappa shape index (κ2) is 8.81. The van der Waals surface area contributed by atoms with E-state index in [0.29, 0.717) is 10.8 Å². The van der Waals surface area contributed by atoms with E-state index in [4.69, 9.17) is 19.0 Å². The Hall–Kier alpha value is -4.33. The molecule has 0 saturated carbocycles. The molecular formula is C24H19NO7. The van der Waals surface area contributed by atoms with E-state index in [9.17, 15) is 14.4 Å². The van der Waals surface area contributed by atoms with E-state index in [-0.39, 0.29) is 34.8 Å². The molecule has 1 aliphatic rings. The van der Waals surface area contributed by atoms with Crippen LogP contribution in [-0.2, 0) is 11.4 Å². The number of hydroxylamine groups is 2. The van der Waals surface area contributed by atoms with Gasteiger partial charge in [-0.05, 0) is 29.8 Å². The minimum atomic E-state index is -0.925. The third-order valence-electron chi connectivity index (χ3n) is 4.85. The van der Waals surface area contributed by atoms with E-state index < -0.39 is 17.8 Å². The molecule has 0 unspecified atom stereocenters. The van der Waals surface area contributed by atoms with Gasteiger partial charge in [0.1, 0.15) is 6.61 Å². The number of hydrogen-bond acceptors (Lipinski definition) is 7. The van der Waals surface area contributed by atoms with Crippen LogP contribution >= 0.6 is 0 Å². The normalized spacial score (nSPS) is 12.4. The van der Waals surface area contributed by atoms with Crippen LogP contribution in [0.1, 0.15) is 36.6 Å². The summed E-state index contributed by atoms with van der Waals surface area (Å²) in [6, 6.07) is 18.5. The molecule has 8 nitrogen and oxygen atoms in total. The van der Waals surface area contributed by atoms with Crippen LogP contribution in [0.5, 0.6) is 17.2 Å². The Kier molecular flexibility index (Phi) is 5.76. The number of methoxy groups -OCH3 is 2. The highest BCUT2D eigenvalue weighted by Crippen LogP contribution is 2.39. The van der Waals surface area contributed by atoms with Crippen LogP contribution in [0.3, 0.4) is 0 Å². The molecule has 1 aliphatic heterocycles. The third kappa shape index (κ3) is 3.85. The SMILES string of the molecule is COc1cc(C(=O)ON2C(=O)c3ccccc3C2=O)cc(OC)c1OCc1ccccc1. The summed E-state index contributed by atoms with van der Waals surface area (Å²) in [6.45, 7) is 0.256. The summed E-state index contributed by atoms with van der Waals surface area (Å²) < 4.78 is 16.6. The van der Waals surface area contributed by atoms with Crippen molar-refractivity contribution < 1.29 is 33.4 Å². The van der Waals surface area contributed by atoms with Crippen molar-refractivity contribution in [2.24, 2.45) is 0 Å². The Morgan fingerprint density at radius 3 is 1.88 bits per heavy atom. The smallest absolute Gasteiger partial charge is 0.364 e. The van der Waals surface area contributed by atoms with Crippen LogP contribution in [0.2, 0.25) is 0 Å². The predicted molar refractivity (Wildman–Crippen MR) is 113 cm³/mol. The van der Waals surface area contributed by atoms with Crippen molar-refractivity contribution in [2.75, 3.05) is 14.2 Å². The first-order chi connectivity index (χ1) is 15.5. The maximum atomic E-state index is 12.7. The van der Waals surface area contributed by atoms with Gasteiger partial charge in [0.25, 0.3) is 11.8 Å². The van der Waals surface area contributed by atoms with Crippen molar-refractivity contribution in [1.29, 1.82) is 0 Å². The number of fused-ring (bicyclic) bond motifs is 1. The summed E-state index contributed by atoms with van der Waals surface area (Å²) in [4.78, 5) is 42.8. The molecule has 8 heteroatoms. The van der Waals surface area contributed by atoms with Crippen molar-refractivity contribution in [3.05, 3.63) is 89.0 Å². The fourth-order valence-electron chi connectivity index (χ4n) is 3.26. The van der Waals surface area contributed by atoms with Crippen molar-refractivity contribution in [2.45, 2.75) is 6.61 Å². The van der Waals surface area contributed by atoms with Gasteiger partial charge in [-0.3, -0.25) is 9.59 Å². The average Bonchev–Trinajstić information content (AvgIpc) is 3.07. The number of ether oxygens (including phenoxy) is 3. The summed E-state index contributed by atoms with van der Waals surface area (Å²) in [6.07, 6.45) is 0. The number of benzene rings is 3. The number of imide groups is 1. The number of nitrogens with zero attached hydrogens (tertiary/aromatic N) is 1. The maximum Gasteiger partial charge on any atom is 0.364 e. The number of amides is 2. The zero-order valence-corrected chi connectivity index (χ0v) is 17.4. The van der Waals surface area contributed by atoms with E-state index in [1.165, 1.54) is 38.5 Å². The minimum Gasteiger partial charge on any atom is -0.493 e. The van der Waals surface area contributed by atoms with Crippen LogP contribution in [0.4, 0.5) is 0 Å². The highest BCUT2D eigenvalue weighted by atomic mass is 16.7. The molecular weight excluding hydrogens is 414 g/mol. The van der Waals surface area contributed by atoms with E-state index in [2.05, 4.69) is 0 Å². The monoisotopic (exact) mass is 433 g/mol. The fourth-order valence-corrected chi connectivity index (χ4v) is 3.26. The summed E-state index contributed by atoms with van der Waals surface area (Å²) >= 11 is 0. The van der Waals surface area contributed by atoms with E-state index >= 15 is 0 Å². The fraction of sp³-hybridized carbons (Fsp3) is 0.125. The third-order valence-corrected chi connectivity index (χ3v) is 4.85. The van der Waals surface area contributed by atoms with Crippen LogP contribution < -0.4 is 14.2 Å². The first-order valence-corrected chi connectivity index (χ1v) is 9.66. The van der Waals surface area contributed by atoms with Gasteiger partial charge in [-0.25, -0.2) is 4.79 Å². The van der Waals surface area contributed by atoms with Crippen LogP contribution in [0.25, 0.3) is 0 Å². The molecule has 162 valence electrons. The molecule has 2 amide bonds. The van der Waals surface area contributed by atoms with E-state index in [1.807, 2.05) is 30.3 Å². The first kappa shape index (κ1) is 20.9. The van der Waals surface area contributed by atoms with Gasteiger partial charge >= 0.3 is 5.97 Å². The molecule has 0 aromatic heterocycles. The van der Waals surface area contributed by atoms with Gasteiger partial charge in [0.15, 0.2) is 11.5 Å². The number of carbonyl (C=O) groups excluding carboxylic acids is 3. The average molecular weight is 433 g/mol. The molecule has 0 bridgehead atoms. The highest BCUT2D eigenvalue weighted by molar-refractivity contribution is 6.21. The molecule has 0 aliphatic carbocycles. The Morgan fingerprint density at radius 2 is 1.34 bits per heavy atom. The van der Waals surface area contributed by atoms with Crippen molar-refractivity contribution in [3.63, 3.8) is 0 Å². The highest BCUT2D eigenvalue weighted by Gasteiger charge is 2.39. The Morgan fingerprint density at radius 1 is 0.812 bits per heavy atom. The lowest BCUT2D eigenvalue weighted by Gasteiger charge is -2.17. The molecule has 3 aromatic carbocycles. The lowest BCUT2D eigenvalue weighted by atomic mass is 10.1. The number of rotatable bonds is 7. The molecule has 0 saturated heterocycles. The second-order valence-corrected chi connectivity index (χ2v) is 6.81. The van der Waals surface area contributed by atoms with Gasteiger partial charge in [0, 0.05) is 0 Å². The largest absolute Gasteiger partial charge is 0.493 e. The molecule has 0 spiro atoms. The molecule has 4 rings (SSSR count). The van der Waals surface area contributed by atoms with Crippen LogP contribution in [0.15, 0.2) is 66.7 Å². The predicted octanol–water partition coefficient (Wildman–Crippen LogP) is 3.65. The Labute approximate surface area is 183 Å². The number of hydrogen-bond donors (Lipinski definition) is 0. The minimum absolute atomic E-state index is 0.0160. The summed E-state index contributed by atoms with van der Waals surface area (Å²) in [5.41, 5.74) is 1.29. The van der Waals surface area contributed by atoms with Gasteiger partial charge in [-0.2, -0.15) is 0 Å². The molecule has 3 aromatic rings. The lowest BCUT2D eigenvalue weighted by molar-refractivity contribution is -0.0584.